The van der Waals surface area contributed by atoms with Crippen LogP contribution in [0.15, 0.2) is 16.6 Å². The summed E-state index contributed by atoms with van der Waals surface area (Å²) in [5, 5.41) is 3.39. The average Bonchev–Trinajstić information content (AvgIpc) is 2.40. The number of nitrogens with one attached hydrogen (secondary N) is 1. The third-order valence-corrected chi connectivity index (χ3v) is 3.64. The molecule has 0 aromatic heterocycles. The zero-order chi connectivity index (χ0) is 11.0. The molecule has 86 valence electrons. The van der Waals surface area contributed by atoms with Crippen LogP contribution in [0.2, 0.25) is 0 Å². The number of rotatable bonds is 1. The molecule has 16 heavy (non-hydrogen) atoms. The van der Waals surface area contributed by atoms with Crippen molar-refractivity contribution in [2.45, 2.75) is 18.9 Å². The maximum Gasteiger partial charge on any atom is 0.175 e. The van der Waals surface area contributed by atoms with Gasteiger partial charge in [0.2, 0.25) is 0 Å². The Labute approximate surface area is 103 Å². The van der Waals surface area contributed by atoms with Gasteiger partial charge in [0.25, 0.3) is 0 Å². The molecular weight excluding hydrogens is 270 g/mol. The Morgan fingerprint density at radius 2 is 2.06 bits per heavy atom. The van der Waals surface area contributed by atoms with Crippen LogP contribution in [-0.4, -0.2) is 19.8 Å². The fourth-order valence-electron chi connectivity index (χ4n) is 2.03. The number of benzene rings is 1. The van der Waals surface area contributed by atoms with Crippen molar-refractivity contribution >= 4 is 15.9 Å². The minimum Gasteiger partial charge on any atom is -0.490 e. The molecule has 0 amide bonds. The van der Waals surface area contributed by atoms with Gasteiger partial charge >= 0.3 is 0 Å². The van der Waals surface area contributed by atoms with Crippen LogP contribution in [0.1, 0.15) is 24.4 Å². The largest absolute Gasteiger partial charge is 0.490 e. The Balaban J connectivity index is 1.98. The Morgan fingerprint density at radius 1 is 1.25 bits per heavy atom. The second-order valence-corrected chi connectivity index (χ2v) is 5.03. The molecule has 3 rings (SSSR count). The molecule has 0 spiro atoms. The smallest absolute Gasteiger partial charge is 0.175 e. The van der Waals surface area contributed by atoms with Crippen molar-refractivity contribution in [1.29, 1.82) is 0 Å². The molecule has 1 aromatic carbocycles. The van der Waals surface area contributed by atoms with E-state index in [1.807, 2.05) is 0 Å². The summed E-state index contributed by atoms with van der Waals surface area (Å²) >= 11 is 3.56. The second-order valence-electron chi connectivity index (χ2n) is 4.18. The van der Waals surface area contributed by atoms with E-state index in [4.69, 9.17) is 9.47 Å². The summed E-state index contributed by atoms with van der Waals surface area (Å²) in [5.74, 6) is 1.72. The molecular formula is C12H14BrNO2. The van der Waals surface area contributed by atoms with Crippen molar-refractivity contribution in [2.24, 2.45) is 0 Å². The molecule has 1 saturated heterocycles. The van der Waals surface area contributed by atoms with Crippen LogP contribution in [0.25, 0.3) is 0 Å². The summed E-state index contributed by atoms with van der Waals surface area (Å²) in [6.07, 6.45) is 2.14. The summed E-state index contributed by atoms with van der Waals surface area (Å²) in [6, 6.07) is 4.71. The van der Waals surface area contributed by atoms with Crippen molar-refractivity contribution < 1.29 is 9.47 Å². The first-order valence-corrected chi connectivity index (χ1v) is 6.46. The van der Waals surface area contributed by atoms with E-state index in [2.05, 4.69) is 33.4 Å². The highest BCUT2D eigenvalue weighted by Gasteiger charge is 2.22. The zero-order valence-electron chi connectivity index (χ0n) is 8.96. The van der Waals surface area contributed by atoms with Crippen LogP contribution in [0.3, 0.4) is 0 Å². The molecule has 1 aromatic rings. The predicted molar refractivity (Wildman–Crippen MR) is 65.1 cm³/mol. The van der Waals surface area contributed by atoms with E-state index in [1.165, 1.54) is 12.0 Å². The third-order valence-electron chi connectivity index (χ3n) is 3.05. The minimum atomic E-state index is 0.480. The van der Waals surface area contributed by atoms with Gasteiger partial charge in [-0.3, -0.25) is 0 Å². The first-order chi connectivity index (χ1) is 7.84. The summed E-state index contributed by atoms with van der Waals surface area (Å²) < 4.78 is 12.4. The quantitative estimate of drug-likeness (QED) is 0.860. The van der Waals surface area contributed by atoms with Crippen LogP contribution in [-0.2, 0) is 0 Å². The van der Waals surface area contributed by atoms with Crippen LogP contribution >= 0.6 is 15.9 Å². The van der Waals surface area contributed by atoms with Gasteiger partial charge in [-0.05, 0) is 46.6 Å². The average molecular weight is 284 g/mol. The standard InChI is InChI=1S/C12H14BrNO2/c13-9-6-8(10-2-3-14-10)7-11-12(9)16-5-1-4-15-11/h6-7,10,14H,1-5H2. The normalized spacial score (nSPS) is 23.4. The second kappa shape index (κ2) is 4.26. The molecule has 2 aliphatic heterocycles. The van der Waals surface area contributed by atoms with E-state index in [9.17, 15) is 0 Å². The van der Waals surface area contributed by atoms with Crippen molar-refractivity contribution in [3.63, 3.8) is 0 Å². The summed E-state index contributed by atoms with van der Waals surface area (Å²) in [7, 11) is 0. The highest BCUT2D eigenvalue weighted by molar-refractivity contribution is 9.10. The molecule has 3 nitrogen and oxygen atoms in total. The number of hydrogen-bond donors (Lipinski definition) is 1. The summed E-state index contributed by atoms with van der Waals surface area (Å²) in [6.45, 7) is 2.57. The van der Waals surface area contributed by atoms with E-state index in [0.717, 1.165) is 42.2 Å². The maximum atomic E-state index is 5.71. The number of halogens is 1. The molecule has 1 atom stereocenters. The van der Waals surface area contributed by atoms with Crippen LogP contribution in [0, 0.1) is 0 Å². The molecule has 0 radical (unpaired) electrons. The van der Waals surface area contributed by atoms with E-state index < -0.39 is 0 Å². The monoisotopic (exact) mass is 283 g/mol. The minimum absolute atomic E-state index is 0.480. The lowest BCUT2D eigenvalue weighted by molar-refractivity contribution is 0.296. The molecule has 4 heteroatoms. The van der Waals surface area contributed by atoms with Gasteiger partial charge in [0, 0.05) is 12.5 Å². The van der Waals surface area contributed by atoms with Gasteiger partial charge < -0.3 is 14.8 Å². The first kappa shape index (κ1) is 10.4. The van der Waals surface area contributed by atoms with Gasteiger partial charge in [0.15, 0.2) is 11.5 Å². The van der Waals surface area contributed by atoms with Gasteiger partial charge in [-0.1, -0.05) is 0 Å². The SMILES string of the molecule is Brc1cc(C2CCN2)cc2c1OCCCO2. The Hall–Kier alpha value is -0.740. The highest BCUT2D eigenvalue weighted by Crippen LogP contribution is 2.40. The lowest BCUT2D eigenvalue weighted by Gasteiger charge is -2.28. The fourth-order valence-corrected chi connectivity index (χ4v) is 2.60. The molecule has 1 unspecified atom stereocenters. The highest BCUT2D eigenvalue weighted by atomic mass is 79.9. The van der Waals surface area contributed by atoms with Crippen LogP contribution < -0.4 is 14.8 Å². The van der Waals surface area contributed by atoms with E-state index in [1.54, 1.807) is 0 Å². The van der Waals surface area contributed by atoms with Crippen LogP contribution in [0.5, 0.6) is 11.5 Å². The molecule has 1 N–H and O–H groups in total. The van der Waals surface area contributed by atoms with E-state index in [-0.39, 0.29) is 0 Å². The summed E-state index contributed by atoms with van der Waals surface area (Å²) in [4.78, 5) is 0. The number of fused-ring (bicyclic) bond motifs is 1. The lowest BCUT2D eigenvalue weighted by atomic mass is 9.98. The maximum absolute atomic E-state index is 5.71. The van der Waals surface area contributed by atoms with Crippen molar-refractivity contribution in [1.82, 2.24) is 5.32 Å². The van der Waals surface area contributed by atoms with Crippen molar-refractivity contribution in [3.05, 3.63) is 22.2 Å². The van der Waals surface area contributed by atoms with Crippen molar-refractivity contribution in [2.75, 3.05) is 19.8 Å². The molecule has 0 bridgehead atoms. The number of hydrogen-bond acceptors (Lipinski definition) is 3. The molecule has 1 fully saturated rings. The zero-order valence-corrected chi connectivity index (χ0v) is 10.5. The Morgan fingerprint density at radius 3 is 2.81 bits per heavy atom. The van der Waals surface area contributed by atoms with Gasteiger partial charge in [-0.15, -0.1) is 0 Å². The van der Waals surface area contributed by atoms with Gasteiger partial charge in [-0.2, -0.15) is 0 Å². The third kappa shape index (κ3) is 1.80. The van der Waals surface area contributed by atoms with Gasteiger partial charge in [0.05, 0.1) is 17.7 Å². The van der Waals surface area contributed by atoms with Gasteiger partial charge in [0.1, 0.15) is 0 Å². The van der Waals surface area contributed by atoms with Crippen molar-refractivity contribution in [3.8, 4) is 11.5 Å². The van der Waals surface area contributed by atoms with E-state index in [0.29, 0.717) is 6.04 Å². The molecule has 2 heterocycles. The molecule has 0 saturated carbocycles. The fraction of sp³-hybridized carbons (Fsp3) is 0.500. The lowest BCUT2D eigenvalue weighted by Crippen LogP contribution is -2.34. The van der Waals surface area contributed by atoms with Gasteiger partial charge in [-0.25, -0.2) is 0 Å². The molecule has 2 aliphatic rings. The predicted octanol–water partition coefficient (Wildman–Crippen LogP) is 2.64. The Bertz CT molecular complexity index is 404. The Kier molecular flexibility index (Phi) is 2.77. The molecule has 0 aliphatic carbocycles. The number of ether oxygens (including phenoxy) is 2. The van der Waals surface area contributed by atoms with E-state index >= 15 is 0 Å². The first-order valence-electron chi connectivity index (χ1n) is 5.67. The van der Waals surface area contributed by atoms with Crippen LogP contribution in [0.4, 0.5) is 0 Å². The summed E-state index contributed by atoms with van der Waals surface area (Å²) in [5.41, 5.74) is 1.28. The topological polar surface area (TPSA) is 30.5 Å².